The van der Waals surface area contributed by atoms with E-state index in [-0.39, 0.29) is 0 Å². The summed E-state index contributed by atoms with van der Waals surface area (Å²) >= 11 is 1.75. The molecular weight excluding hydrogens is 284 g/mol. The van der Waals surface area contributed by atoms with Crippen molar-refractivity contribution in [1.82, 2.24) is 19.9 Å². The number of nitrogens with two attached hydrogens (primary N) is 1. The molecule has 7 heteroatoms. The quantitative estimate of drug-likeness (QED) is 0.557. The molecule has 0 aromatic carbocycles. The van der Waals surface area contributed by atoms with Gasteiger partial charge in [0.25, 0.3) is 0 Å². The largest absolute Gasteiger partial charge is 0.308 e. The zero-order valence-corrected chi connectivity index (χ0v) is 12.2. The van der Waals surface area contributed by atoms with Crippen LogP contribution >= 0.6 is 11.3 Å². The Hall–Kier alpha value is -2.12. The van der Waals surface area contributed by atoms with Crippen molar-refractivity contribution in [3.63, 3.8) is 0 Å². The highest BCUT2D eigenvalue weighted by Crippen LogP contribution is 2.39. The Kier molecular flexibility index (Phi) is 3.01. The number of hydrogen-bond acceptors (Lipinski definition) is 7. The van der Waals surface area contributed by atoms with Crippen LogP contribution in [-0.4, -0.2) is 19.9 Å². The first-order valence-electron chi connectivity index (χ1n) is 6.92. The Balaban J connectivity index is 1.96. The Morgan fingerprint density at radius 2 is 2.10 bits per heavy atom. The number of nitrogen functional groups attached to an aromatic ring is 1. The van der Waals surface area contributed by atoms with E-state index in [2.05, 4.69) is 25.4 Å². The van der Waals surface area contributed by atoms with Gasteiger partial charge in [-0.3, -0.25) is 0 Å². The maximum absolute atomic E-state index is 5.69. The number of anilines is 1. The Bertz CT molecular complexity index is 798. The van der Waals surface area contributed by atoms with Gasteiger partial charge in [-0.15, -0.1) is 11.3 Å². The molecule has 3 aromatic rings. The molecule has 3 N–H and O–H groups in total. The van der Waals surface area contributed by atoms with Crippen LogP contribution in [0.2, 0.25) is 0 Å². The summed E-state index contributed by atoms with van der Waals surface area (Å²) in [6, 6.07) is 1.80. The van der Waals surface area contributed by atoms with Gasteiger partial charge >= 0.3 is 0 Å². The summed E-state index contributed by atoms with van der Waals surface area (Å²) in [6.07, 6.45) is 7.86. The summed E-state index contributed by atoms with van der Waals surface area (Å²) in [5.74, 6) is 6.95. The molecule has 0 spiro atoms. The summed E-state index contributed by atoms with van der Waals surface area (Å²) in [6.45, 7) is 0. The molecule has 0 unspecified atom stereocenters. The third-order valence-corrected chi connectivity index (χ3v) is 4.95. The summed E-state index contributed by atoms with van der Waals surface area (Å²) in [5, 5.41) is 1.08. The van der Waals surface area contributed by atoms with E-state index in [1.54, 1.807) is 23.6 Å². The van der Waals surface area contributed by atoms with Gasteiger partial charge < -0.3 is 5.43 Å². The van der Waals surface area contributed by atoms with Crippen LogP contribution in [0.1, 0.15) is 23.3 Å². The fraction of sp³-hybridized carbons (Fsp3) is 0.286. The van der Waals surface area contributed by atoms with Gasteiger partial charge in [-0.05, 0) is 37.3 Å². The summed E-state index contributed by atoms with van der Waals surface area (Å²) in [5.41, 5.74) is 4.80. The van der Waals surface area contributed by atoms with Crippen molar-refractivity contribution in [1.29, 1.82) is 0 Å². The molecule has 4 rings (SSSR count). The van der Waals surface area contributed by atoms with E-state index in [9.17, 15) is 0 Å². The molecule has 0 fully saturated rings. The lowest BCUT2D eigenvalue weighted by Crippen LogP contribution is -2.11. The van der Waals surface area contributed by atoms with Crippen LogP contribution in [-0.2, 0) is 12.8 Å². The van der Waals surface area contributed by atoms with Crippen LogP contribution in [0.3, 0.4) is 0 Å². The first kappa shape index (κ1) is 12.6. The van der Waals surface area contributed by atoms with Crippen LogP contribution in [0.5, 0.6) is 0 Å². The molecule has 0 bridgehead atoms. The molecule has 0 radical (unpaired) electrons. The van der Waals surface area contributed by atoms with Crippen LogP contribution < -0.4 is 11.3 Å². The minimum atomic E-state index is 0.580. The summed E-state index contributed by atoms with van der Waals surface area (Å²) in [4.78, 5) is 19.8. The van der Waals surface area contributed by atoms with E-state index in [0.29, 0.717) is 17.3 Å². The van der Waals surface area contributed by atoms with E-state index >= 15 is 0 Å². The van der Waals surface area contributed by atoms with Crippen molar-refractivity contribution < 1.29 is 0 Å². The van der Waals surface area contributed by atoms with Gasteiger partial charge in [0.05, 0.1) is 5.39 Å². The number of fused-ring (bicyclic) bond motifs is 3. The minimum Gasteiger partial charge on any atom is -0.308 e. The Morgan fingerprint density at radius 1 is 1.19 bits per heavy atom. The fourth-order valence-corrected chi connectivity index (χ4v) is 4.06. The zero-order chi connectivity index (χ0) is 14.2. The highest BCUT2D eigenvalue weighted by Gasteiger charge is 2.21. The minimum absolute atomic E-state index is 0.580. The van der Waals surface area contributed by atoms with Crippen LogP contribution in [0, 0.1) is 0 Å². The van der Waals surface area contributed by atoms with Crippen molar-refractivity contribution in [3.05, 3.63) is 29.0 Å². The molecule has 3 heterocycles. The number of nitrogens with one attached hydrogen (secondary N) is 1. The number of aryl methyl sites for hydroxylation is 2. The number of rotatable bonds is 2. The topological polar surface area (TPSA) is 89.6 Å². The van der Waals surface area contributed by atoms with Crippen molar-refractivity contribution in [3.8, 4) is 11.5 Å². The lowest BCUT2D eigenvalue weighted by molar-refractivity contribution is 0.700. The number of hydrazine groups is 1. The van der Waals surface area contributed by atoms with E-state index in [0.717, 1.165) is 23.1 Å². The summed E-state index contributed by atoms with van der Waals surface area (Å²) < 4.78 is 0. The van der Waals surface area contributed by atoms with Crippen molar-refractivity contribution >= 4 is 27.4 Å². The first-order chi connectivity index (χ1) is 10.4. The fourth-order valence-electron chi connectivity index (χ4n) is 2.80. The Labute approximate surface area is 125 Å². The van der Waals surface area contributed by atoms with Gasteiger partial charge in [-0.25, -0.2) is 25.8 Å². The number of nitrogens with zero attached hydrogens (tertiary/aromatic N) is 4. The van der Waals surface area contributed by atoms with E-state index < -0.39 is 0 Å². The van der Waals surface area contributed by atoms with Crippen molar-refractivity contribution in [2.45, 2.75) is 25.7 Å². The highest BCUT2D eigenvalue weighted by atomic mass is 32.1. The molecule has 1 aliphatic rings. The molecule has 6 nitrogen and oxygen atoms in total. The average Bonchev–Trinajstić information content (AvgIpc) is 2.93. The third-order valence-electron chi connectivity index (χ3n) is 3.76. The molecule has 0 aliphatic heterocycles. The molecule has 106 valence electrons. The van der Waals surface area contributed by atoms with Gasteiger partial charge in [-0.1, -0.05) is 0 Å². The molecule has 0 saturated heterocycles. The molecule has 21 heavy (non-hydrogen) atoms. The lowest BCUT2D eigenvalue weighted by Gasteiger charge is -2.11. The second kappa shape index (κ2) is 5.01. The predicted molar refractivity (Wildman–Crippen MR) is 82.9 cm³/mol. The van der Waals surface area contributed by atoms with Crippen LogP contribution in [0.4, 0.5) is 5.82 Å². The molecule has 1 aliphatic carbocycles. The van der Waals surface area contributed by atoms with Crippen molar-refractivity contribution in [2.24, 2.45) is 5.84 Å². The number of thiophene rings is 1. The van der Waals surface area contributed by atoms with Gasteiger partial charge in [0.2, 0.25) is 0 Å². The molecular formula is C14H14N6S. The van der Waals surface area contributed by atoms with E-state index in [1.165, 1.54) is 29.6 Å². The van der Waals surface area contributed by atoms with Crippen LogP contribution in [0.25, 0.3) is 21.7 Å². The maximum Gasteiger partial charge on any atom is 0.181 e. The lowest BCUT2D eigenvalue weighted by atomic mass is 9.97. The van der Waals surface area contributed by atoms with Gasteiger partial charge in [0.15, 0.2) is 11.6 Å². The SMILES string of the molecule is NNc1nc(-c2ccncn2)nc2sc3c(c12)CCCC3. The maximum atomic E-state index is 5.69. The van der Waals surface area contributed by atoms with Gasteiger partial charge in [0.1, 0.15) is 16.9 Å². The number of aromatic nitrogens is 4. The average molecular weight is 298 g/mol. The van der Waals surface area contributed by atoms with Crippen molar-refractivity contribution in [2.75, 3.05) is 5.43 Å². The zero-order valence-electron chi connectivity index (χ0n) is 11.3. The first-order valence-corrected chi connectivity index (χ1v) is 7.74. The summed E-state index contributed by atoms with van der Waals surface area (Å²) in [7, 11) is 0. The van der Waals surface area contributed by atoms with E-state index in [4.69, 9.17) is 5.84 Å². The second-order valence-corrected chi connectivity index (χ2v) is 6.11. The third kappa shape index (κ3) is 2.05. The molecule has 0 atom stereocenters. The van der Waals surface area contributed by atoms with Gasteiger partial charge in [0, 0.05) is 11.1 Å². The standard InChI is InChI=1S/C14H14N6S/c15-20-13-11-8-3-1-2-4-10(8)21-14(11)19-12(18-13)9-5-6-16-7-17-9/h5-7H,1-4,15H2,(H,18,19,20). The van der Waals surface area contributed by atoms with E-state index in [1.807, 2.05) is 0 Å². The number of hydrogen-bond donors (Lipinski definition) is 2. The molecule has 0 saturated carbocycles. The highest BCUT2D eigenvalue weighted by molar-refractivity contribution is 7.19. The van der Waals surface area contributed by atoms with Gasteiger partial charge in [-0.2, -0.15) is 0 Å². The smallest absolute Gasteiger partial charge is 0.181 e. The monoisotopic (exact) mass is 298 g/mol. The predicted octanol–water partition coefficient (Wildman–Crippen LogP) is 2.31. The van der Waals surface area contributed by atoms with Crippen LogP contribution in [0.15, 0.2) is 18.6 Å². The molecule has 3 aromatic heterocycles. The normalized spacial score (nSPS) is 14.1. The molecule has 0 amide bonds. The Morgan fingerprint density at radius 3 is 2.90 bits per heavy atom. The second-order valence-electron chi connectivity index (χ2n) is 5.03.